The maximum Gasteiger partial charge on any atom is 0.322 e. The predicted molar refractivity (Wildman–Crippen MR) is 108 cm³/mol. The van der Waals surface area contributed by atoms with Gasteiger partial charge in [0, 0.05) is 30.6 Å². The number of ether oxygens (including phenoxy) is 2. The molecule has 1 atom stereocenters. The number of urea groups is 1. The van der Waals surface area contributed by atoms with Crippen LogP contribution < -0.4 is 20.1 Å². The van der Waals surface area contributed by atoms with Gasteiger partial charge in [-0.2, -0.15) is 0 Å². The Morgan fingerprint density at radius 2 is 2.00 bits per heavy atom. The zero-order chi connectivity index (χ0) is 20.1. The highest BCUT2D eigenvalue weighted by Crippen LogP contribution is 2.29. The third-order valence-corrected chi connectivity index (χ3v) is 4.53. The molecule has 0 radical (unpaired) electrons. The van der Waals surface area contributed by atoms with E-state index in [1.807, 2.05) is 12.1 Å². The average molecular weight is 404 g/mol. The van der Waals surface area contributed by atoms with E-state index in [9.17, 15) is 9.59 Å². The van der Waals surface area contributed by atoms with E-state index in [1.165, 1.54) is 14.0 Å². The van der Waals surface area contributed by atoms with Gasteiger partial charge in [0.2, 0.25) is 5.91 Å². The molecular formula is C20H22ClN3O4. The summed E-state index contributed by atoms with van der Waals surface area (Å²) in [5, 5.41) is 6.14. The fraction of sp³-hybridized carbons (Fsp3) is 0.300. The van der Waals surface area contributed by atoms with Crippen molar-refractivity contribution < 1.29 is 19.1 Å². The fourth-order valence-corrected chi connectivity index (χ4v) is 3.20. The lowest BCUT2D eigenvalue weighted by Crippen LogP contribution is -2.34. The molecule has 7 nitrogen and oxygen atoms in total. The van der Waals surface area contributed by atoms with Gasteiger partial charge >= 0.3 is 6.03 Å². The highest BCUT2D eigenvalue weighted by atomic mass is 35.5. The van der Waals surface area contributed by atoms with Crippen molar-refractivity contribution in [3.05, 3.63) is 47.5 Å². The lowest BCUT2D eigenvalue weighted by atomic mass is 10.2. The molecule has 0 saturated carbocycles. The smallest absolute Gasteiger partial charge is 0.322 e. The third kappa shape index (κ3) is 5.07. The Labute approximate surface area is 168 Å². The largest absolute Gasteiger partial charge is 0.495 e. The number of nitrogens with zero attached hydrogens (tertiary/aromatic N) is 1. The first-order valence-corrected chi connectivity index (χ1v) is 9.26. The first kappa shape index (κ1) is 19.8. The Morgan fingerprint density at radius 3 is 2.71 bits per heavy atom. The number of hydrogen-bond acceptors (Lipinski definition) is 4. The summed E-state index contributed by atoms with van der Waals surface area (Å²) in [5.74, 6) is 1.00. The molecule has 1 heterocycles. The summed E-state index contributed by atoms with van der Waals surface area (Å²) in [6, 6.07) is 12.0. The van der Waals surface area contributed by atoms with Gasteiger partial charge < -0.3 is 25.0 Å². The minimum absolute atomic E-state index is 0.100. The molecule has 2 aromatic rings. The summed E-state index contributed by atoms with van der Waals surface area (Å²) >= 11 is 5.98. The van der Waals surface area contributed by atoms with Crippen LogP contribution >= 0.6 is 11.6 Å². The molecule has 1 fully saturated rings. The van der Waals surface area contributed by atoms with E-state index in [4.69, 9.17) is 21.1 Å². The molecule has 3 rings (SSSR count). The summed E-state index contributed by atoms with van der Waals surface area (Å²) in [6.07, 6.45) is 0.625. The maximum absolute atomic E-state index is 12.7. The van der Waals surface area contributed by atoms with E-state index in [2.05, 4.69) is 10.6 Å². The van der Waals surface area contributed by atoms with Crippen molar-refractivity contribution >= 4 is 34.9 Å². The number of nitrogens with one attached hydrogen (secondary N) is 2. The zero-order valence-corrected chi connectivity index (χ0v) is 16.5. The summed E-state index contributed by atoms with van der Waals surface area (Å²) in [5.41, 5.74) is 1.06. The van der Waals surface area contributed by atoms with Gasteiger partial charge in [-0.05, 0) is 36.4 Å². The summed E-state index contributed by atoms with van der Waals surface area (Å²) < 4.78 is 11.2. The van der Waals surface area contributed by atoms with Crippen LogP contribution in [0.2, 0.25) is 5.02 Å². The van der Waals surface area contributed by atoms with Gasteiger partial charge in [0.15, 0.2) is 0 Å². The van der Waals surface area contributed by atoms with Crippen molar-refractivity contribution in [3.8, 4) is 11.5 Å². The van der Waals surface area contributed by atoms with Crippen LogP contribution in [0.1, 0.15) is 13.3 Å². The maximum atomic E-state index is 12.7. The van der Waals surface area contributed by atoms with E-state index >= 15 is 0 Å². The predicted octanol–water partition coefficient (Wildman–Crippen LogP) is 3.99. The normalized spacial score (nSPS) is 15.8. The minimum atomic E-state index is -0.254. The number of amides is 3. The quantitative estimate of drug-likeness (QED) is 0.791. The highest BCUT2D eigenvalue weighted by Gasteiger charge is 2.28. The van der Waals surface area contributed by atoms with Crippen LogP contribution in [-0.2, 0) is 4.79 Å². The molecule has 0 spiro atoms. The molecule has 0 aliphatic carbocycles. The molecule has 1 saturated heterocycles. The van der Waals surface area contributed by atoms with Crippen LogP contribution in [0.3, 0.4) is 0 Å². The molecule has 28 heavy (non-hydrogen) atoms. The molecule has 2 N–H and O–H groups in total. The second-order valence-electron chi connectivity index (χ2n) is 6.46. The Morgan fingerprint density at radius 1 is 1.18 bits per heavy atom. The van der Waals surface area contributed by atoms with Crippen LogP contribution in [0, 0.1) is 0 Å². The van der Waals surface area contributed by atoms with Gasteiger partial charge in [0.25, 0.3) is 0 Å². The molecule has 0 bridgehead atoms. The fourth-order valence-electron chi connectivity index (χ4n) is 3.02. The monoisotopic (exact) mass is 403 g/mol. The van der Waals surface area contributed by atoms with E-state index in [1.54, 1.807) is 35.2 Å². The Kier molecular flexibility index (Phi) is 6.26. The first-order chi connectivity index (χ1) is 13.4. The van der Waals surface area contributed by atoms with Crippen LogP contribution in [0.25, 0.3) is 0 Å². The molecule has 1 aliphatic heterocycles. The standard InChI is InChI=1S/C20H22ClN3O4/c1-13(25)22-15-6-7-19(27-2)18(11-15)23-20(26)24-9-8-17(12-24)28-16-5-3-4-14(21)10-16/h3-7,10-11,17H,8-9,12H2,1-2H3,(H,22,25)(H,23,26)/t17-/m1/s1. The number of benzene rings is 2. The van der Waals surface area contributed by atoms with Gasteiger partial charge in [-0.1, -0.05) is 17.7 Å². The molecular weight excluding hydrogens is 382 g/mol. The van der Waals surface area contributed by atoms with Crippen molar-refractivity contribution in [3.63, 3.8) is 0 Å². The number of hydrogen-bond donors (Lipinski definition) is 2. The lowest BCUT2D eigenvalue weighted by molar-refractivity contribution is -0.114. The number of carbonyl (C=O) groups excluding carboxylic acids is 2. The van der Waals surface area contributed by atoms with Crippen LogP contribution in [0.15, 0.2) is 42.5 Å². The SMILES string of the molecule is COc1ccc(NC(C)=O)cc1NC(=O)N1CC[C@@H](Oc2cccc(Cl)c2)C1. The number of carbonyl (C=O) groups is 2. The van der Waals surface area contributed by atoms with E-state index in [0.717, 1.165) is 6.42 Å². The summed E-state index contributed by atoms with van der Waals surface area (Å²) in [6.45, 7) is 2.46. The van der Waals surface area contributed by atoms with Crippen molar-refractivity contribution in [2.24, 2.45) is 0 Å². The van der Waals surface area contributed by atoms with Gasteiger partial charge in [-0.3, -0.25) is 4.79 Å². The van der Waals surface area contributed by atoms with Crippen molar-refractivity contribution in [2.45, 2.75) is 19.4 Å². The Balaban J connectivity index is 1.62. The molecule has 2 aromatic carbocycles. The van der Waals surface area contributed by atoms with E-state index in [0.29, 0.717) is 41.0 Å². The van der Waals surface area contributed by atoms with Gasteiger partial charge in [0.05, 0.1) is 19.3 Å². The first-order valence-electron chi connectivity index (χ1n) is 8.88. The van der Waals surface area contributed by atoms with E-state index in [-0.39, 0.29) is 18.0 Å². The van der Waals surface area contributed by atoms with Crippen LogP contribution in [0.4, 0.5) is 16.2 Å². The minimum Gasteiger partial charge on any atom is -0.495 e. The van der Waals surface area contributed by atoms with Crippen LogP contribution in [-0.4, -0.2) is 43.1 Å². The molecule has 148 valence electrons. The van der Waals surface area contributed by atoms with Crippen molar-refractivity contribution in [1.29, 1.82) is 0 Å². The number of likely N-dealkylation sites (tertiary alicyclic amines) is 1. The summed E-state index contributed by atoms with van der Waals surface area (Å²) in [4.78, 5) is 25.6. The van der Waals surface area contributed by atoms with Gasteiger partial charge in [-0.15, -0.1) is 0 Å². The lowest BCUT2D eigenvalue weighted by Gasteiger charge is -2.19. The zero-order valence-electron chi connectivity index (χ0n) is 15.7. The number of methoxy groups -OCH3 is 1. The molecule has 0 aromatic heterocycles. The molecule has 0 unspecified atom stereocenters. The second-order valence-corrected chi connectivity index (χ2v) is 6.89. The number of halogens is 1. The van der Waals surface area contributed by atoms with Crippen molar-refractivity contribution in [2.75, 3.05) is 30.8 Å². The molecule has 8 heteroatoms. The number of rotatable bonds is 5. The van der Waals surface area contributed by atoms with Crippen molar-refractivity contribution in [1.82, 2.24) is 4.90 Å². The second kappa shape index (κ2) is 8.84. The Hall–Kier alpha value is -2.93. The average Bonchev–Trinajstić information content (AvgIpc) is 3.10. The van der Waals surface area contributed by atoms with Gasteiger partial charge in [-0.25, -0.2) is 4.79 Å². The highest BCUT2D eigenvalue weighted by molar-refractivity contribution is 6.30. The number of anilines is 2. The molecule has 3 amide bonds. The molecule has 1 aliphatic rings. The topological polar surface area (TPSA) is 79.9 Å². The Bertz CT molecular complexity index is 874. The van der Waals surface area contributed by atoms with E-state index < -0.39 is 0 Å². The summed E-state index contributed by atoms with van der Waals surface area (Å²) in [7, 11) is 1.52. The van der Waals surface area contributed by atoms with Crippen LogP contribution in [0.5, 0.6) is 11.5 Å². The van der Waals surface area contributed by atoms with Gasteiger partial charge in [0.1, 0.15) is 17.6 Å². The third-order valence-electron chi connectivity index (χ3n) is 4.29.